The number of esters is 1. The van der Waals surface area contributed by atoms with Crippen LogP contribution in [0.3, 0.4) is 0 Å². The summed E-state index contributed by atoms with van der Waals surface area (Å²) in [5, 5.41) is 37.4. The van der Waals surface area contributed by atoms with Crippen LogP contribution in [0.2, 0.25) is 0 Å². The molecule has 0 aromatic heterocycles. The minimum Gasteiger partial charge on any atom is -0.508 e. The minimum absolute atomic E-state index is 0.0427. The number of ether oxygens (including phenoxy) is 1. The molecule has 128 valence electrons. The molecule has 2 rings (SSSR count). The Balaban J connectivity index is 2.41. The number of allylic oxidation sites excluding steroid dienone is 1. The Morgan fingerprint density at radius 2 is 1.96 bits per heavy atom. The highest BCUT2D eigenvalue weighted by Crippen LogP contribution is 2.29. The second-order valence-electron chi connectivity index (χ2n) is 5.79. The Labute approximate surface area is 140 Å². The first-order chi connectivity index (χ1) is 11.4. The van der Waals surface area contributed by atoms with Crippen molar-refractivity contribution in [2.45, 2.75) is 38.4 Å². The topological polar surface area (TPSA) is 111 Å². The number of carbonyl (C=O) groups excluding carboxylic acids is 1. The van der Waals surface area contributed by atoms with Gasteiger partial charge in [0.2, 0.25) is 0 Å². The van der Waals surface area contributed by atoms with Crippen molar-refractivity contribution < 1.29 is 24.9 Å². The molecule has 1 aromatic rings. The summed E-state index contributed by atoms with van der Waals surface area (Å²) in [4.78, 5) is 12.4. The number of hydrogen-bond donors (Lipinski definition) is 4. The fourth-order valence-electron chi connectivity index (χ4n) is 2.45. The number of hydrogen-bond acceptors (Lipinski definition) is 6. The highest BCUT2D eigenvalue weighted by molar-refractivity contribution is 5.99. The van der Waals surface area contributed by atoms with Crippen molar-refractivity contribution >= 4 is 11.7 Å². The van der Waals surface area contributed by atoms with Gasteiger partial charge in [0.15, 0.2) is 0 Å². The molecule has 0 bridgehead atoms. The summed E-state index contributed by atoms with van der Waals surface area (Å²) in [6.07, 6.45) is 6.28. The van der Waals surface area contributed by atoms with Gasteiger partial charge in [0.05, 0.1) is 6.10 Å². The summed E-state index contributed by atoms with van der Waals surface area (Å²) in [6.45, 7) is 1.71. The molecule has 6 nitrogen and oxygen atoms in total. The number of phenolic OH excluding ortho intramolecular Hbond substituents is 2. The molecule has 1 heterocycles. The van der Waals surface area contributed by atoms with Gasteiger partial charge in [-0.2, -0.15) is 0 Å². The van der Waals surface area contributed by atoms with Gasteiger partial charge < -0.3 is 25.5 Å². The zero-order valence-corrected chi connectivity index (χ0v) is 13.4. The maximum Gasteiger partial charge on any atom is 0.342 e. The third kappa shape index (κ3) is 4.70. The maximum absolute atomic E-state index is 12.4. The SMILES string of the molecule is C[C@@H]1C/C=C/[C@@H](O)C/C=C/C(=N)Cc2cc(O)cc(O)c2C(=O)O1. The Kier molecular flexibility index (Phi) is 5.76. The number of benzene rings is 1. The van der Waals surface area contributed by atoms with Gasteiger partial charge in [-0.1, -0.05) is 18.2 Å². The standard InChI is InChI=1S/C18H21NO5/c1-11-4-2-6-14(20)7-3-5-13(19)8-12-9-15(21)10-16(22)17(12)18(23)24-11/h2-3,5-6,9-11,14,19-22H,4,7-8H2,1H3/b5-3+,6-2+,19-13?/t11-,14-/m1/s1. The third-order valence-corrected chi connectivity index (χ3v) is 3.60. The Morgan fingerprint density at radius 3 is 2.71 bits per heavy atom. The van der Waals surface area contributed by atoms with Gasteiger partial charge in [-0.15, -0.1) is 0 Å². The highest BCUT2D eigenvalue weighted by Gasteiger charge is 2.21. The van der Waals surface area contributed by atoms with Crippen LogP contribution in [0.25, 0.3) is 0 Å². The predicted molar refractivity (Wildman–Crippen MR) is 89.6 cm³/mol. The van der Waals surface area contributed by atoms with Crippen molar-refractivity contribution in [1.82, 2.24) is 0 Å². The monoisotopic (exact) mass is 331 g/mol. The van der Waals surface area contributed by atoms with Gasteiger partial charge in [0.25, 0.3) is 0 Å². The largest absolute Gasteiger partial charge is 0.508 e. The van der Waals surface area contributed by atoms with E-state index in [0.717, 1.165) is 6.07 Å². The molecule has 24 heavy (non-hydrogen) atoms. The molecule has 2 atom stereocenters. The zero-order chi connectivity index (χ0) is 17.7. The van der Waals surface area contributed by atoms with Crippen LogP contribution < -0.4 is 0 Å². The third-order valence-electron chi connectivity index (χ3n) is 3.60. The van der Waals surface area contributed by atoms with E-state index in [9.17, 15) is 20.1 Å². The van der Waals surface area contributed by atoms with Crippen LogP contribution in [0, 0.1) is 5.41 Å². The van der Waals surface area contributed by atoms with E-state index >= 15 is 0 Å². The average molecular weight is 331 g/mol. The minimum atomic E-state index is -0.710. The Bertz CT molecular complexity index is 693. The van der Waals surface area contributed by atoms with E-state index in [1.807, 2.05) is 0 Å². The van der Waals surface area contributed by atoms with E-state index in [2.05, 4.69) is 0 Å². The number of phenols is 2. The summed E-state index contributed by atoms with van der Waals surface area (Å²) < 4.78 is 5.31. The number of aliphatic hydroxyl groups is 1. The molecule has 1 aromatic carbocycles. The molecule has 0 fully saturated rings. The summed E-state index contributed by atoms with van der Waals surface area (Å²) >= 11 is 0. The molecule has 4 N–H and O–H groups in total. The molecule has 0 radical (unpaired) electrons. The second-order valence-corrected chi connectivity index (χ2v) is 5.79. The molecule has 0 spiro atoms. The second kappa shape index (κ2) is 7.79. The molecule has 6 heteroatoms. The molecule has 1 aliphatic heterocycles. The molecule has 0 unspecified atom stereocenters. The van der Waals surface area contributed by atoms with Crippen molar-refractivity contribution in [3.63, 3.8) is 0 Å². The molecular weight excluding hydrogens is 310 g/mol. The van der Waals surface area contributed by atoms with Crippen molar-refractivity contribution in [2.75, 3.05) is 0 Å². The summed E-state index contributed by atoms with van der Waals surface area (Å²) in [7, 11) is 0. The van der Waals surface area contributed by atoms with E-state index in [1.165, 1.54) is 12.1 Å². The number of cyclic esters (lactones) is 1. The van der Waals surface area contributed by atoms with Crippen molar-refractivity contribution in [3.8, 4) is 11.5 Å². The first-order valence-electron chi connectivity index (χ1n) is 7.71. The van der Waals surface area contributed by atoms with Crippen LogP contribution in [0.5, 0.6) is 11.5 Å². The van der Waals surface area contributed by atoms with Gasteiger partial charge in [-0.3, -0.25) is 0 Å². The summed E-state index contributed by atoms with van der Waals surface area (Å²) in [5.74, 6) is -1.28. The average Bonchev–Trinajstić information content (AvgIpc) is 2.45. The number of aliphatic hydroxyl groups excluding tert-OH is 1. The van der Waals surface area contributed by atoms with E-state index in [0.29, 0.717) is 18.4 Å². The van der Waals surface area contributed by atoms with E-state index in [4.69, 9.17) is 10.1 Å². The van der Waals surface area contributed by atoms with Gasteiger partial charge in [-0.05, 0) is 31.1 Å². The quantitative estimate of drug-likeness (QED) is 0.431. The Morgan fingerprint density at radius 1 is 1.21 bits per heavy atom. The lowest BCUT2D eigenvalue weighted by Crippen LogP contribution is -2.17. The van der Waals surface area contributed by atoms with E-state index in [1.54, 1.807) is 25.2 Å². The molecule has 0 amide bonds. The number of carbonyl (C=O) groups is 1. The summed E-state index contributed by atoms with van der Waals surface area (Å²) in [5.41, 5.74) is 0.446. The van der Waals surface area contributed by atoms with Crippen LogP contribution in [-0.4, -0.2) is 39.2 Å². The lowest BCUT2D eigenvalue weighted by Gasteiger charge is -2.16. The van der Waals surface area contributed by atoms with Gasteiger partial charge in [0, 0.05) is 24.6 Å². The zero-order valence-electron chi connectivity index (χ0n) is 13.4. The first kappa shape index (κ1) is 17.7. The van der Waals surface area contributed by atoms with Gasteiger partial charge in [-0.25, -0.2) is 4.79 Å². The summed E-state index contributed by atoms with van der Waals surface area (Å²) in [6, 6.07) is 2.41. The molecule has 1 aliphatic rings. The first-order valence-corrected chi connectivity index (χ1v) is 7.71. The normalized spacial score (nSPS) is 25.2. The number of rotatable bonds is 0. The molecule has 0 saturated heterocycles. The lowest BCUT2D eigenvalue weighted by atomic mass is 9.99. The van der Waals surface area contributed by atoms with Gasteiger partial charge >= 0.3 is 5.97 Å². The highest BCUT2D eigenvalue weighted by atomic mass is 16.5. The van der Waals surface area contributed by atoms with Crippen LogP contribution in [0.15, 0.2) is 36.4 Å². The number of fused-ring (bicyclic) bond motifs is 1. The maximum atomic E-state index is 12.4. The number of aromatic hydroxyl groups is 2. The molecule has 0 aliphatic carbocycles. The fraction of sp³-hybridized carbons (Fsp3) is 0.333. The predicted octanol–water partition coefficient (Wildman–Crippen LogP) is 2.47. The van der Waals surface area contributed by atoms with Gasteiger partial charge in [0.1, 0.15) is 23.2 Å². The van der Waals surface area contributed by atoms with Crippen molar-refractivity contribution in [2.24, 2.45) is 0 Å². The van der Waals surface area contributed by atoms with Crippen molar-refractivity contribution in [1.29, 1.82) is 5.41 Å². The Hall–Kier alpha value is -2.60. The van der Waals surface area contributed by atoms with Crippen molar-refractivity contribution in [3.05, 3.63) is 47.6 Å². The fourth-order valence-corrected chi connectivity index (χ4v) is 2.45. The van der Waals surface area contributed by atoms with Crippen LogP contribution in [0.1, 0.15) is 35.7 Å². The molecular formula is C18H21NO5. The van der Waals surface area contributed by atoms with E-state index < -0.39 is 18.2 Å². The van der Waals surface area contributed by atoms with Crippen LogP contribution in [0.4, 0.5) is 0 Å². The number of nitrogens with one attached hydrogen (secondary N) is 1. The van der Waals surface area contributed by atoms with Crippen LogP contribution >= 0.6 is 0 Å². The molecule has 0 saturated carbocycles. The smallest absolute Gasteiger partial charge is 0.342 e. The van der Waals surface area contributed by atoms with Crippen LogP contribution in [-0.2, 0) is 11.2 Å². The lowest BCUT2D eigenvalue weighted by molar-refractivity contribution is 0.0343. The van der Waals surface area contributed by atoms with E-state index in [-0.39, 0.29) is 29.2 Å².